The fraction of sp³-hybridized carbons (Fsp3) is 0.619. The Morgan fingerprint density at radius 1 is 1.03 bits per heavy atom. The van der Waals surface area contributed by atoms with Crippen molar-refractivity contribution in [2.75, 3.05) is 19.7 Å². The molecule has 0 radical (unpaired) electrons. The van der Waals surface area contributed by atoms with Gasteiger partial charge in [0.1, 0.15) is 0 Å². The van der Waals surface area contributed by atoms with E-state index in [4.69, 9.17) is 4.74 Å². The van der Waals surface area contributed by atoms with Crippen LogP contribution in [0.3, 0.4) is 0 Å². The molecule has 0 unspecified atom stereocenters. The van der Waals surface area contributed by atoms with Gasteiger partial charge in [0.2, 0.25) is 10.0 Å². The molecule has 0 bridgehead atoms. The lowest BCUT2D eigenvalue weighted by molar-refractivity contribution is -0.125. The molecule has 2 fully saturated rings. The molecule has 2 atom stereocenters. The van der Waals surface area contributed by atoms with Crippen LogP contribution in [0.2, 0.25) is 0 Å². The van der Waals surface area contributed by atoms with E-state index in [1.165, 1.54) is 35.0 Å². The van der Waals surface area contributed by atoms with E-state index in [0.29, 0.717) is 19.0 Å². The molecule has 0 aromatic heterocycles. The molecule has 1 amide bonds. The minimum atomic E-state index is -3.53. The van der Waals surface area contributed by atoms with Gasteiger partial charge in [-0.2, -0.15) is 4.31 Å². The molecule has 1 N–H and O–H groups in total. The number of nitrogens with zero attached hydrogens (tertiary/aromatic N) is 1. The second kappa shape index (κ2) is 9.71. The van der Waals surface area contributed by atoms with Crippen LogP contribution in [0.15, 0.2) is 29.2 Å². The quantitative estimate of drug-likeness (QED) is 0.712. The van der Waals surface area contributed by atoms with Crippen LogP contribution in [0.5, 0.6) is 0 Å². The summed E-state index contributed by atoms with van der Waals surface area (Å²) in [6, 6.07) is 5.84. The van der Waals surface area contributed by atoms with E-state index in [0.717, 1.165) is 38.5 Å². The van der Waals surface area contributed by atoms with Gasteiger partial charge in [-0.05, 0) is 55.9 Å². The number of piperidine rings is 1. The fourth-order valence-corrected chi connectivity index (χ4v) is 5.53. The maximum atomic E-state index is 12.7. The number of carbonyl (C=O) groups is 2. The molecule has 0 spiro atoms. The minimum Gasteiger partial charge on any atom is -0.452 e. The largest absolute Gasteiger partial charge is 0.452 e. The fourth-order valence-electron chi connectivity index (χ4n) is 4.01. The highest BCUT2D eigenvalue weighted by Gasteiger charge is 2.26. The van der Waals surface area contributed by atoms with Crippen molar-refractivity contribution in [3.8, 4) is 0 Å². The third kappa shape index (κ3) is 5.57. The van der Waals surface area contributed by atoms with Crippen molar-refractivity contribution >= 4 is 21.9 Å². The van der Waals surface area contributed by atoms with E-state index >= 15 is 0 Å². The first kappa shape index (κ1) is 21.8. The summed E-state index contributed by atoms with van der Waals surface area (Å²) in [6.45, 7) is 2.84. The van der Waals surface area contributed by atoms with Crippen LogP contribution in [0.1, 0.15) is 62.2 Å². The van der Waals surface area contributed by atoms with Gasteiger partial charge < -0.3 is 10.1 Å². The first-order valence-corrected chi connectivity index (χ1v) is 11.9. The molecular weight excluding hydrogens is 392 g/mol. The van der Waals surface area contributed by atoms with Gasteiger partial charge >= 0.3 is 5.97 Å². The first-order valence-electron chi connectivity index (χ1n) is 10.4. The zero-order chi connectivity index (χ0) is 20.9. The molecule has 160 valence electrons. The van der Waals surface area contributed by atoms with Crippen LogP contribution in [0.4, 0.5) is 0 Å². The van der Waals surface area contributed by atoms with Crippen LogP contribution >= 0.6 is 0 Å². The average Bonchev–Trinajstić information content (AvgIpc) is 2.74. The highest BCUT2D eigenvalue weighted by atomic mass is 32.2. The van der Waals surface area contributed by atoms with Crippen LogP contribution in [0.25, 0.3) is 0 Å². The number of esters is 1. The number of hydrogen-bond donors (Lipinski definition) is 1. The summed E-state index contributed by atoms with van der Waals surface area (Å²) in [5, 5.41) is 2.94. The van der Waals surface area contributed by atoms with Crippen molar-refractivity contribution in [2.24, 2.45) is 5.92 Å². The zero-order valence-corrected chi connectivity index (χ0v) is 17.7. The Kier molecular flexibility index (Phi) is 7.29. The summed E-state index contributed by atoms with van der Waals surface area (Å²) < 4.78 is 31.9. The number of carbonyl (C=O) groups excluding carboxylic acids is 2. The summed E-state index contributed by atoms with van der Waals surface area (Å²) in [6.07, 6.45) is 7.11. The van der Waals surface area contributed by atoms with E-state index in [1.807, 2.05) is 0 Å². The molecule has 1 saturated carbocycles. The zero-order valence-electron chi connectivity index (χ0n) is 16.9. The predicted octanol–water partition coefficient (Wildman–Crippen LogP) is 2.71. The molecule has 1 aromatic carbocycles. The second-order valence-corrected chi connectivity index (χ2v) is 9.94. The number of benzene rings is 1. The Bertz CT molecular complexity index is 816. The van der Waals surface area contributed by atoms with E-state index in [-0.39, 0.29) is 29.0 Å². The molecule has 1 heterocycles. The molecule has 1 aliphatic heterocycles. The van der Waals surface area contributed by atoms with Gasteiger partial charge in [0.15, 0.2) is 6.61 Å². The second-order valence-electron chi connectivity index (χ2n) is 8.00. The lowest BCUT2D eigenvalue weighted by Gasteiger charge is -2.29. The molecule has 29 heavy (non-hydrogen) atoms. The molecule has 1 aliphatic carbocycles. The van der Waals surface area contributed by atoms with Crippen molar-refractivity contribution in [3.05, 3.63) is 29.8 Å². The van der Waals surface area contributed by atoms with E-state index in [9.17, 15) is 18.0 Å². The van der Waals surface area contributed by atoms with Gasteiger partial charge in [-0.1, -0.05) is 26.2 Å². The topological polar surface area (TPSA) is 92.8 Å². The molecule has 7 nitrogen and oxygen atoms in total. The normalized spacial score (nSPS) is 23.3. The smallest absolute Gasteiger partial charge is 0.338 e. The number of ether oxygens (including phenoxy) is 1. The number of hydrogen-bond acceptors (Lipinski definition) is 5. The lowest BCUT2D eigenvalue weighted by atomic mass is 9.86. The standard InChI is InChI=1S/C21H30N2O5S/c1-16-7-3-4-8-19(16)22-20(24)15-28-21(25)17-9-11-18(12-10-17)29(26,27)23-13-5-2-6-14-23/h9-12,16,19H,2-8,13-15H2,1H3,(H,22,24)/t16-,19+/m0/s1. The summed E-state index contributed by atoms with van der Waals surface area (Å²) in [4.78, 5) is 24.5. The Hall–Kier alpha value is -1.93. The highest BCUT2D eigenvalue weighted by molar-refractivity contribution is 7.89. The molecule has 1 saturated heterocycles. The number of sulfonamides is 1. The van der Waals surface area contributed by atoms with Crippen LogP contribution in [-0.4, -0.2) is 50.3 Å². The maximum absolute atomic E-state index is 12.7. The average molecular weight is 423 g/mol. The SMILES string of the molecule is C[C@H]1CCCC[C@H]1NC(=O)COC(=O)c1ccc(S(=O)(=O)N2CCCCC2)cc1. The van der Waals surface area contributed by atoms with Gasteiger partial charge in [-0.3, -0.25) is 4.79 Å². The summed E-state index contributed by atoms with van der Waals surface area (Å²) >= 11 is 0. The third-order valence-corrected chi connectivity index (χ3v) is 7.75. The van der Waals surface area contributed by atoms with Gasteiger partial charge in [0.05, 0.1) is 10.5 Å². The van der Waals surface area contributed by atoms with Gasteiger partial charge in [-0.15, -0.1) is 0 Å². The maximum Gasteiger partial charge on any atom is 0.338 e. The van der Waals surface area contributed by atoms with Crippen LogP contribution in [-0.2, 0) is 19.6 Å². The minimum absolute atomic E-state index is 0.134. The van der Waals surface area contributed by atoms with Gasteiger partial charge in [-0.25, -0.2) is 13.2 Å². The van der Waals surface area contributed by atoms with Crippen LogP contribution < -0.4 is 5.32 Å². The van der Waals surface area contributed by atoms with E-state index in [2.05, 4.69) is 12.2 Å². The summed E-state index contributed by atoms with van der Waals surface area (Å²) in [5.41, 5.74) is 0.224. The van der Waals surface area contributed by atoms with Crippen molar-refractivity contribution in [3.63, 3.8) is 0 Å². The van der Waals surface area contributed by atoms with Gasteiger partial charge in [0, 0.05) is 19.1 Å². The Morgan fingerprint density at radius 3 is 2.34 bits per heavy atom. The Balaban J connectivity index is 1.52. The van der Waals surface area contributed by atoms with E-state index < -0.39 is 16.0 Å². The number of rotatable bonds is 6. The molecule has 1 aromatic rings. The molecular formula is C21H30N2O5S. The van der Waals surface area contributed by atoms with Crippen molar-refractivity contribution in [1.82, 2.24) is 9.62 Å². The number of nitrogens with one attached hydrogen (secondary N) is 1. The van der Waals surface area contributed by atoms with Crippen molar-refractivity contribution in [1.29, 1.82) is 0 Å². The molecule has 2 aliphatic rings. The third-order valence-electron chi connectivity index (χ3n) is 5.84. The number of amides is 1. The van der Waals surface area contributed by atoms with Crippen molar-refractivity contribution in [2.45, 2.75) is 62.8 Å². The molecule has 3 rings (SSSR count). The Morgan fingerprint density at radius 2 is 1.69 bits per heavy atom. The summed E-state index contributed by atoms with van der Waals surface area (Å²) in [5.74, 6) is -0.516. The highest BCUT2D eigenvalue weighted by Crippen LogP contribution is 2.24. The van der Waals surface area contributed by atoms with E-state index in [1.54, 1.807) is 0 Å². The lowest BCUT2D eigenvalue weighted by Crippen LogP contribution is -2.42. The van der Waals surface area contributed by atoms with Crippen LogP contribution in [0, 0.1) is 5.92 Å². The Labute approximate surface area is 172 Å². The summed E-state index contributed by atoms with van der Waals surface area (Å²) in [7, 11) is -3.53. The first-order chi connectivity index (χ1) is 13.9. The molecule has 8 heteroatoms. The predicted molar refractivity (Wildman–Crippen MR) is 109 cm³/mol. The monoisotopic (exact) mass is 422 g/mol. The van der Waals surface area contributed by atoms with Crippen molar-refractivity contribution < 1.29 is 22.7 Å². The van der Waals surface area contributed by atoms with Gasteiger partial charge in [0.25, 0.3) is 5.91 Å².